The minimum absolute atomic E-state index is 0.312. The average Bonchev–Trinajstić information content (AvgIpc) is 2.71. The second kappa shape index (κ2) is 10.2. The van der Waals surface area contributed by atoms with Gasteiger partial charge in [-0.1, -0.05) is 0 Å². The Morgan fingerprint density at radius 1 is 0.714 bits per heavy atom. The fraction of sp³-hybridized carbons (Fsp3) is 0.500. The van der Waals surface area contributed by atoms with E-state index in [1.54, 1.807) is 0 Å². The van der Waals surface area contributed by atoms with Crippen LogP contribution in [0.3, 0.4) is 0 Å². The van der Waals surface area contributed by atoms with Gasteiger partial charge < -0.3 is 0 Å². The monoisotopic (exact) mass is 444 g/mol. The van der Waals surface area contributed by atoms with Crippen LogP contribution in [-0.4, -0.2) is 40.7 Å². The second-order valence-electron chi connectivity index (χ2n) is 7.49. The van der Waals surface area contributed by atoms with Gasteiger partial charge in [0.1, 0.15) is 0 Å². The van der Waals surface area contributed by atoms with Crippen LogP contribution >= 0.6 is 0 Å². The van der Waals surface area contributed by atoms with E-state index in [0.717, 1.165) is 37.2 Å². The van der Waals surface area contributed by atoms with Crippen molar-refractivity contribution in [1.29, 1.82) is 0 Å². The van der Waals surface area contributed by atoms with E-state index in [9.17, 15) is 0 Å². The van der Waals surface area contributed by atoms with Gasteiger partial charge in [0.25, 0.3) is 0 Å². The number of nitrogens with zero attached hydrogens (tertiary/aromatic N) is 3. The minimum atomic E-state index is 0.312. The van der Waals surface area contributed by atoms with E-state index in [4.69, 9.17) is 4.99 Å². The van der Waals surface area contributed by atoms with Crippen molar-refractivity contribution in [2.75, 3.05) is 36.0 Å². The SMILES string of the molecule is CCCN(CCC)c1ccc2c(c1)[Se]=c1cc(N(CCC)CCC)ccc1=N2. The third-order valence-corrected chi connectivity index (χ3v) is 7.35. The molecule has 0 bridgehead atoms. The number of hydrogen-bond donors (Lipinski definition) is 0. The summed E-state index contributed by atoms with van der Waals surface area (Å²) in [7, 11) is 0. The topological polar surface area (TPSA) is 18.8 Å². The van der Waals surface area contributed by atoms with Crippen molar-refractivity contribution in [3.05, 3.63) is 45.8 Å². The van der Waals surface area contributed by atoms with Crippen molar-refractivity contribution >= 4 is 36.0 Å². The summed E-state index contributed by atoms with van der Waals surface area (Å²) in [6.45, 7) is 13.5. The molecule has 151 valence electrons. The second-order valence-corrected chi connectivity index (χ2v) is 9.77. The molecular weight excluding hydrogens is 409 g/mol. The van der Waals surface area contributed by atoms with Gasteiger partial charge in [-0.3, -0.25) is 0 Å². The number of rotatable bonds is 10. The molecule has 0 saturated heterocycles. The predicted octanol–water partition coefficient (Wildman–Crippen LogP) is 4.48. The zero-order valence-electron chi connectivity index (χ0n) is 17.9. The number of hydrogen-bond acceptors (Lipinski definition) is 3. The molecule has 0 amide bonds. The Bertz CT molecular complexity index is 895. The molecule has 1 heterocycles. The first-order valence-corrected chi connectivity index (χ1v) is 12.6. The zero-order chi connectivity index (χ0) is 19.9. The molecule has 0 aliphatic carbocycles. The van der Waals surface area contributed by atoms with Crippen molar-refractivity contribution < 1.29 is 0 Å². The van der Waals surface area contributed by atoms with Gasteiger partial charge in [-0.25, -0.2) is 0 Å². The van der Waals surface area contributed by atoms with Crippen molar-refractivity contribution in [3.63, 3.8) is 0 Å². The van der Waals surface area contributed by atoms with E-state index in [2.05, 4.69) is 73.9 Å². The molecule has 2 aromatic rings. The Balaban J connectivity index is 1.97. The third kappa shape index (κ3) is 4.85. The summed E-state index contributed by atoms with van der Waals surface area (Å²) in [5.74, 6) is 0. The summed E-state index contributed by atoms with van der Waals surface area (Å²) in [4.78, 5) is 10.0. The normalized spacial score (nSPS) is 11.9. The Labute approximate surface area is 176 Å². The third-order valence-electron chi connectivity index (χ3n) is 5.05. The van der Waals surface area contributed by atoms with Gasteiger partial charge in [0.05, 0.1) is 0 Å². The zero-order valence-corrected chi connectivity index (χ0v) is 19.6. The summed E-state index contributed by atoms with van der Waals surface area (Å²) in [6, 6.07) is 13.8. The van der Waals surface area contributed by atoms with E-state index in [1.807, 2.05) is 0 Å². The van der Waals surface area contributed by atoms with Gasteiger partial charge >= 0.3 is 176 Å². The van der Waals surface area contributed by atoms with Crippen LogP contribution in [0.25, 0.3) is 0 Å². The first-order valence-electron chi connectivity index (χ1n) is 10.9. The molecule has 1 radical (unpaired) electrons. The van der Waals surface area contributed by atoms with Gasteiger partial charge in [0, 0.05) is 0 Å². The Hall–Kier alpha value is -1.64. The Morgan fingerprint density at radius 2 is 1.25 bits per heavy atom. The Kier molecular flexibility index (Phi) is 7.70. The Morgan fingerprint density at radius 3 is 1.82 bits per heavy atom. The molecule has 1 aliphatic heterocycles. The van der Waals surface area contributed by atoms with Crippen LogP contribution in [0.1, 0.15) is 53.4 Å². The van der Waals surface area contributed by atoms with Crippen LogP contribution in [0.15, 0.2) is 41.4 Å². The molecule has 3 nitrogen and oxygen atoms in total. The fourth-order valence-corrected chi connectivity index (χ4v) is 5.98. The molecule has 0 fully saturated rings. The van der Waals surface area contributed by atoms with Gasteiger partial charge in [0.15, 0.2) is 0 Å². The van der Waals surface area contributed by atoms with E-state index < -0.39 is 0 Å². The molecule has 2 aromatic carbocycles. The molecule has 0 unspecified atom stereocenters. The first kappa shape index (κ1) is 21.1. The maximum absolute atomic E-state index is 4.97. The van der Waals surface area contributed by atoms with Gasteiger partial charge in [-0.15, -0.1) is 0 Å². The molecule has 0 N–H and O–H groups in total. The standard InChI is InChI=1S/C24H34N3Se/c1-5-13-26(14-6-2)19-9-11-21-23(17-19)28-24-18-20(10-12-22(24)25-21)27(15-7-3)16-8-4/h9-12,17-18H,5-8,13-16H2,1-4H3. The quantitative estimate of drug-likeness (QED) is 0.430. The molecule has 0 aromatic heterocycles. The summed E-state index contributed by atoms with van der Waals surface area (Å²) in [5.41, 5.74) is 3.88. The molecule has 3 rings (SSSR count). The van der Waals surface area contributed by atoms with Gasteiger partial charge in [0.2, 0.25) is 0 Å². The van der Waals surface area contributed by atoms with Crippen molar-refractivity contribution in [3.8, 4) is 0 Å². The summed E-state index contributed by atoms with van der Waals surface area (Å²) < 4.78 is 2.84. The van der Waals surface area contributed by atoms with Crippen LogP contribution in [0.5, 0.6) is 0 Å². The van der Waals surface area contributed by atoms with E-state index >= 15 is 0 Å². The molecule has 1 aliphatic rings. The fourth-order valence-electron chi connectivity index (χ4n) is 3.82. The molecule has 0 spiro atoms. The van der Waals surface area contributed by atoms with Crippen molar-refractivity contribution in [2.24, 2.45) is 4.99 Å². The molecular formula is C24H34N3Se. The van der Waals surface area contributed by atoms with E-state index in [0.29, 0.717) is 14.5 Å². The molecule has 4 heteroatoms. The van der Waals surface area contributed by atoms with Crippen LogP contribution in [0, 0.1) is 4.06 Å². The van der Waals surface area contributed by atoms with Crippen molar-refractivity contribution in [2.45, 2.75) is 53.4 Å². The van der Waals surface area contributed by atoms with Crippen LogP contribution in [0.4, 0.5) is 17.1 Å². The summed E-state index contributed by atoms with van der Waals surface area (Å²) in [6.07, 6.45) is 4.74. The van der Waals surface area contributed by atoms with E-state index in [-0.39, 0.29) is 0 Å². The number of anilines is 2. The summed E-state index contributed by atoms with van der Waals surface area (Å²) >= 11 is 0.312. The maximum atomic E-state index is 4.97. The number of fused-ring (bicyclic) bond motifs is 2. The predicted molar refractivity (Wildman–Crippen MR) is 124 cm³/mol. The molecule has 0 atom stereocenters. The summed E-state index contributed by atoms with van der Waals surface area (Å²) in [5, 5.41) is 1.16. The molecule has 28 heavy (non-hydrogen) atoms. The van der Waals surface area contributed by atoms with Crippen LogP contribution < -0.4 is 19.6 Å². The number of benzene rings is 2. The van der Waals surface area contributed by atoms with Gasteiger partial charge in [-0.05, 0) is 0 Å². The van der Waals surface area contributed by atoms with Crippen molar-refractivity contribution in [1.82, 2.24) is 0 Å². The van der Waals surface area contributed by atoms with Crippen LogP contribution in [-0.2, 0) is 0 Å². The first-order chi connectivity index (χ1) is 13.7. The van der Waals surface area contributed by atoms with Gasteiger partial charge in [-0.2, -0.15) is 0 Å². The van der Waals surface area contributed by atoms with Crippen LogP contribution in [0.2, 0.25) is 0 Å². The molecule has 0 saturated carbocycles. The average molecular weight is 444 g/mol. The van der Waals surface area contributed by atoms with E-state index in [1.165, 1.54) is 45.6 Å².